The van der Waals surface area contributed by atoms with Crippen molar-refractivity contribution in [3.8, 4) is 11.5 Å². The molecule has 184 valence electrons. The highest BCUT2D eigenvalue weighted by Gasteiger charge is 2.47. The second-order valence-corrected chi connectivity index (χ2v) is 8.32. The molecule has 3 atom stereocenters. The van der Waals surface area contributed by atoms with E-state index in [0.717, 1.165) is 0 Å². The number of esters is 2. The number of carbonyl (C=O) groups is 3. The van der Waals surface area contributed by atoms with E-state index in [-0.39, 0.29) is 36.2 Å². The van der Waals surface area contributed by atoms with E-state index in [1.165, 1.54) is 20.3 Å². The molecule has 1 aromatic carbocycles. The number of ketones is 1. The van der Waals surface area contributed by atoms with Crippen LogP contribution in [0, 0.1) is 11.8 Å². The number of carbonyl (C=O) groups excluding carboxylic acids is 3. The zero-order valence-corrected chi connectivity index (χ0v) is 20.1. The minimum atomic E-state index is -0.985. The Labute approximate surface area is 198 Å². The first-order valence-corrected chi connectivity index (χ1v) is 11.2. The zero-order valence-electron chi connectivity index (χ0n) is 20.1. The van der Waals surface area contributed by atoms with Gasteiger partial charge in [-0.05, 0) is 43.9 Å². The normalized spacial score (nSPS) is 22.1. The van der Waals surface area contributed by atoms with Gasteiger partial charge in [-0.25, -0.2) is 4.79 Å². The Kier molecular flexibility index (Phi) is 7.98. The molecule has 0 spiro atoms. The molecular formula is C25H31NO8. The predicted octanol–water partition coefficient (Wildman–Crippen LogP) is 2.59. The standard InChI is InChI=1S/C25H31NO8/c1-6-33-18-12-15(7-8-17(18)27)21-20(25(30)34-10-9-31-4)14(3)26-16-11-13(2)19(24(29)32-5)23(28)22(16)21/h7-8,12-13,19,21,26-27H,6,9-11H2,1-5H3/t13-,19-,21-/m1/s1. The van der Waals surface area contributed by atoms with Crippen molar-refractivity contribution in [1.82, 2.24) is 5.32 Å². The van der Waals surface area contributed by atoms with E-state index in [1.54, 1.807) is 26.0 Å². The molecule has 0 bridgehead atoms. The molecule has 0 aromatic heterocycles. The third kappa shape index (κ3) is 4.79. The number of phenols is 1. The summed E-state index contributed by atoms with van der Waals surface area (Å²) in [5, 5.41) is 13.4. The van der Waals surface area contributed by atoms with Crippen molar-refractivity contribution in [3.05, 3.63) is 46.3 Å². The van der Waals surface area contributed by atoms with E-state index in [9.17, 15) is 19.5 Å². The Morgan fingerprint density at radius 2 is 1.94 bits per heavy atom. The number of hydrogen-bond acceptors (Lipinski definition) is 9. The molecule has 0 saturated heterocycles. The number of phenolic OH excluding ortho intramolecular Hbond substituents is 1. The van der Waals surface area contributed by atoms with Gasteiger partial charge in [0.15, 0.2) is 17.3 Å². The van der Waals surface area contributed by atoms with Crippen LogP contribution in [0.15, 0.2) is 40.7 Å². The maximum atomic E-state index is 13.7. The van der Waals surface area contributed by atoms with E-state index < -0.39 is 29.6 Å². The maximum absolute atomic E-state index is 13.7. The summed E-state index contributed by atoms with van der Waals surface area (Å²) in [5.41, 5.74) is 2.31. The number of nitrogens with one attached hydrogen (secondary N) is 1. The number of rotatable bonds is 8. The lowest BCUT2D eigenvalue weighted by Crippen LogP contribution is -2.43. The molecule has 1 heterocycles. The number of dihydropyridines is 1. The molecule has 2 N–H and O–H groups in total. The van der Waals surface area contributed by atoms with Gasteiger partial charge in [-0.2, -0.15) is 0 Å². The number of allylic oxidation sites excluding steroid dienone is 3. The van der Waals surface area contributed by atoms with E-state index in [1.807, 2.05) is 6.92 Å². The van der Waals surface area contributed by atoms with Crippen LogP contribution < -0.4 is 10.1 Å². The molecule has 1 aromatic rings. The number of hydrogen-bond donors (Lipinski definition) is 2. The Hall–Kier alpha value is -3.33. The van der Waals surface area contributed by atoms with Crippen LogP contribution in [-0.2, 0) is 28.6 Å². The molecule has 0 radical (unpaired) electrons. The Bertz CT molecular complexity index is 1040. The van der Waals surface area contributed by atoms with Gasteiger partial charge in [0.2, 0.25) is 0 Å². The van der Waals surface area contributed by atoms with Crippen molar-refractivity contribution in [1.29, 1.82) is 0 Å². The topological polar surface area (TPSA) is 120 Å². The van der Waals surface area contributed by atoms with E-state index in [2.05, 4.69) is 5.32 Å². The van der Waals surface area contributed by atoms with Crippen LogP contribution in [0.2, 0.25) is 0 Å². The van der Waals surface area contributed by atoms with Crippen molar-refractivity contribution in [2.75, 3.05) is 34.0 Å². The monoisotopic (exact) mass is 473 g/mol. The van der Waals surface area contributed by atoms with Crippen LogP contribution in [-0.4, -0.2) is 56.9 Å². The number of methoxy groups -OCH3 is 2. The van der Waals surface area contributed by atoms with Gasteiger partial charge in [0, 0.05) is 30.0 Å². The van der Waals surface area contributed by atoms with Gasteiger partial charge in [-0.3, -0.25) is 9.59 Å². The molecule has 0 amide bonds. The lowest BCUT2D eigenvalue weighted by Gasteiger charge is -2.38. The highest BCUT2D eigenvalue weighted by molar-refractivity contribution is 6.12. The number of ether oxygens (including phenoxy) is 4. The van der Waals surface area contributed by atoms with Gasteiger partial charge in [-0.15, -0.1) is 0 Å². The average molecular weight is 474 g/mol. The van der Waals surface area contributed by atoms with E-state index in [4.69, 9.17) is 18.9 Å². The van der Waals surface area contributed by atoms with Gasteiger partial charge < -0.3 is 29.4 Å². The lowest BCUT2D eigenvalue weighted by atomic mass is 9.69. The largest absolute Gasteiger partial charge is 0.504 e. The molecule has 0 unspecified atom stereocenters. The molecule has 2 aliphatic rings. The van der Waals surface area contributed by atoms with E-state index >= 15 is 0 Å². The molecule has 0 fully saturated rings. The van der Waals surface area contributed by atoms with Gasteiger partial charge >= 0.3 is 11.9 Å². The fourth-order valence-electron chi connectivity index (χ4n) is 4.56. The van der Waals surface area contributed by atoms with Gasteiger partial charge in [0.1, 0.15) is 12.5 Å². The Morgan fingerprint density at radius 1 is 1.21 bits per heavy atom. The first kappa shape index (κ1) is 25.3. The minimum Gasteiger partial charge on any atom is -0.504 e. The Morgan fingerprint density at radius 3 is 2.59 bits per heavy atom. The number of Topliss-reactive ketones (excluding diaryl/α,β-unsaturated/α-hetero) is 1. The summed E-state index contributed by atoms with van der Waals surface area (Å²) >= 11 is 0. The molecule has 1 aliphatic heterocycles. The predicted molar refractivity (Wildman–Crippen MR) is 122 cm³/mol. The average Bonchev–Trinajstić information content (AvgIpc) is 2.79. The summed E-state index contributed by atoms with van der Waals surface area (Å²) < 4.78 is 20.8. The quantitative estimate of drug-likeness (QED) is 0.333. The molecule has 1 aliphatic carbocycles. The van der Waals surface area contributed by atoms with Gasteiger partial charge in [0.05, 0.1) is 25.9 Å². The minimum absolute atomic E-state index is 0.0419. The molecular weight excluding hydrogens is 442 g/mol. The summed E-state index contributed by atoms with van der Waals surface area (Å²) in [7, 11) is 2.75. The van der Waals surface area contributed by atoms with Crippen LogP contribution in [0.1, 0.15) is 38.7 Å². The molecule has 3 rings (SSSR count). The first-order chi connectivity index (χ1) is 16.2. The highest BCUT2D eigenvalue weighted by Crippen LogP contribution is 2.46. The van der Waals surface area contributed by atoms with Crippen molar-refractivity contribution in [2.45, 2.75) is 33.1 Å². The lowest BCUT2D eigenvalue weighted by molar-refractivity contribution is -0.151. The zero-order chi connectivity index (χ0) is 25.0. The molecule has 34 heavy (non-hydrogen) atoms. The third-order valence-corrected chi connectivity index (χ3v) is 6.10. The van der Waals surface area contributed by atoms with Crippen molar-refractivity contribution >= 4 is 17.7 Å². The van der Waals surface area contributed by atoms with Crippen LogP contribution in [0.25, 0.3) is 0 Å². The Balaban J connectivity index is 2.16. The fraction of sp³-hybridized carbons (Fsp3) is 0.480. The van der Waals surface area contributed by atoms with Crippen LogP contribution in [0.4, 0.5) is 0 Å². The number of aromatic hydroxyl groups is 1. The number of benzene rings is 1. The smallest absolute Gasteiger partial charge is 0.336 e. The van der Waals surface area contributed by atoms with Crippen molar-refractivity contribution in [2.24, 2.45) is 11.8 Å². The fourth-order valence-corrected chi connectivity index (χ4v) is 4.56. The van der Waals surface area contributed by atoms with Gasteiger partial charge in [-0.1, -0.05) is 13.0 Å². The van der Waals surface area contributed by atoms with Gasteiger partial charge in [0.25, 0.3) is 0 Å². The van der Waals surface area contributed by atoms with Crippen LogP contribution >= 0.6 is 0 Å². The second kappa shape index (κ2) is 10.7. The SMILES string of the molecule is CCOc1cc([C@@H]2C(C(=O)OCCOC)=C(C)NC3=C2C(=O)[C@H](C(=O)OC)[C@H](C)C3)ccc1O. The van der Waals surface area contributed by atoms with Crippen LogP contribution in [0.3, 0.4) is 0 Å². The molecule has 9 nitrogen and oxygen atoms in total. The van der Waals surface area contributed by atoms with Crippen molar-refractivity contribution < 1.29 is 38.4 Å². The summed E-state index contributed by atoms with van der Waals surface area (Å²) in [6, 6.07) is 4.69. The third-order valence-electron chi connectivity index (χ3n) is 6.10. The summed E-state index contributed by atoms with van der Waals surface area (Å²) in [6.07, 6.45) is 0.428. The molecule has 9 heteroatoms. The summed E-state index contributed by atoms with van der Waals surface area (Å²) in [6.45, 7) is 5.93. The maximum Gasteiger partial charge on any atom is 0.336 e. The summed E-state index contributed by atoms with van der Waals surface area (Å²) in [5.74, 6) is -3.54. The van der Waals surface area contributed by atoms with E-state index in [0.29, 0.717) is 35.6 Å². The highest BCUT2D eigenvalue weighted by atomic mass is 16.6. The first-order valence-electron chi connectivity index (χ1n) is 11.2. The molecule has 0 saturated carbocycles. The van der Waals surface area contributed by atoms with Crippen LogP contribution in [0.5, 0.6) is 11.5 Å². The van der Waals surface area contributed by atoms with Crippen molar-refractivity contribution in [3.63, 3.8) is 0 Å². The second-order valence-electron chi connectivity index (χ2n) is 8.32. The summed E-state index contributed by atoms with van der Waals surface area (Å²) in [4.78, 5) is 39.4.